The number of nitrogens with one attached hydrogen (secondary N) is 1. The quantitative estimate of drug-likeness (QED) is 0.638. The highest BCUT2D eigenvalue weighted by atomic mass is 32.2. The number of benzene rings is 1. The summed E-state index contributed by atoms with van der Waals surface area (Å²) in [5.41, 5.74) is 0.00327. The molecule has 0 aliphatic heterocycles. The number of carbonyl (C=O) groups is 2. The van der Waals surface area contributed by atoms with Crippen LogP contribution < -0.4 is 10.9 Å². The number of rotatable bonds is 8. The van der Waals surface area contributed by atoms with Gasteiger partial charge in [-0.25, -0.2) is 8.42 Å². The van der Waals surface area contributed by atoms with Gasteiger partial charge in [-0.3, -0.25) is 14.4 Å². The SMILES string of the molecule is CC(C)N(C)S(=O)(=O)c1ccc(NC(=O)COC(=O)Cn2ccccc2=O)cc1. The van der Waals surface area contributed by atoms with Crippen LogP contribution in [0.15, 0.2) is 58.4 Å². The molecule has 0 aliphatic rings. The Bertz CT molecular complexity index is 1030. The van der Waals surface area contributed by atoms with Gasteiger partial charge in [-0.05, 0) is 44.2 Å². The first kappa shape index (κ1) is 22.3. The molecular formula is C19H23N3O6S. The fraction of sp³-hybridized carbons (Fsp3) is 0.316. The minimum Gasteiger partial charge on any atom is -0.454 e. The van der Waals surface area contributed by atoms with Crippen LogP contribution in [-0.2, 0) is 30.9 Å². The Kier molecular flexibility index (Phi) is 7.29. The Hall–Kier alpha value is -2.98. The van der Waals surface area contributed by atoms with Crippen LogP contribution in [-0.4, -0.2) is 48.9 Å². The van der Waals surface area contributed by atoms with E-state index in [2.05, 4.69) is 5.32 Å². The highest BCUT2D eigenvalue weighted by Gasteiger charge is 2.22. The van der Waals surface area contributed by atoms with Crippen LogP contribution >= 0.6 is 0 Å². The van der Waals surface area contributed by atoms with Crippen LogP contribution in [0, 0.1) is 0 Å². The molecule has 0 spiro atoms. The molecule has 0 bridgehead atoms. The second kappa shape index (κ2) is 9.48. The minimum atomic E-state index is -3.61. The molecule has 0 unspecified atom stereocenters. The lowest BCUT2D eigenvalue weighted by atomic mass is 10.3. The molecule has 0 saturated heterocycles. The molecule has 1 aromatic heterocycles. The number of pyridine rings is 1. The summed E-state index contributed by atoms with van der Waals surface area (Å²) < 4.78 is 32.1. The lowest BCUT2D eigenvalue weighted by Gasteiger charge is -2.21. The lowest BCUT2D eigenvalue weighted by molar-refractivity contribution is -0.147. The van der Waals surface area contributed by atoms with Gasteiger partial charge in [-0.1, -0.05) is 6.07 Å². The third-order valence-electron chi connectivity index (χ3n) is 4.10. The Morgan fingerprint density at radius 3 is 2.38 bits per heavy atom. The van der Waals surface area contributed by atoms with Crippen LogP contribution in [0.2, 0.25) is 0 Å². The van der Waals surface area contributed by atoms with Gasteiger partial charge in [0.2, 0.25) is 10.0 Å². The normalized spacial score (nSPS) is 11.5. The number of hydrogen-bond acceptors (Lipinski definition) is 6. The van der Waals surface area contributed by atoms with Crippen molar-refractivity contribution in [2.24, 2.45) is 0 Å². The van der Waals surface area contributed by atoms with Crippen LogP contribution in [0.1, 0.15) is 13.8 Å². The van der Waals surface area contributed by atoms with E-state index in [9.17, 15) is 22.8 Å². The van der Waals surface area contributed by atoms with Gasteiger partial charge < -0.3 is 14.6 Å². The van der Waals surface area contributed by atoms with Crippen LogP contribution in [0.4, 0.5) is 5.69 Å². The van der Waals surface area contributed by atoms with E-state index in [-0.39, 0.29) is 23.0 Å². The second-order valence-corrected chi connectivity index (χ2v) is 8.51. The predicted molar refractivity (Wildman–Crippen MR) is 107 cm³/mol. The van der Waals surface area contributed by atoms with E-state index in [0.717, 1.165) is 4.57 Å². The fourth-order valence-corrected chi connectivity index (χ4v) is 3.64. The highest BCUT2D eigenvalue weighted by Crippen LogP contribution is 2.19. The van der Waals surface area contributed by atoms with Crippen molar-refractivity contribution >= 4 is 27.6 Å². The summed E-state index contributed by atoms with van der Waals surface area (Å²) >= 11 is 0. The van der Waals surface area contributed by atoms with E-state index in [1.807, 2.05) is 0 Å². The van der Waals surface area contributed by atoms with Crippen molar-refractivity contribution in [2.75, 3.05) is 19.0 Å². The van der Waals surface area contributed by atoms with Gasteiger partial charge >= 0.3 is 5.97 Å². The van der Waals surface area contributed by atoms with Gasteiger partial charge in [-0.15, -0.1) is 0 Å². The topological polar surface area (TPSA) is 115 Å². The van der Waals surface area contributed by atoms with Crippen molar-refractivity contribution in [1.29, 1.82) is 0 Å². The summed E-state index contributed by atoms with van der Waals surface area (Å²) in [4.78, 5) is 35.3. The van der Waals surface area contributed by atoms with Gasteiger partial charge in [0, 0.05) is 31.0 Å². The number of aromatic nitrogens is 1. The van der Waals surface area contributed by atoms with E-state index in [4.69, 9.17) is 4.74 Å². The molecule has 2 aromatic rings. The summed E-state index contributed by atoms with van der Waals surface area (Å²) in [6, 6.07) is 9.94. The van der Waals surface area contributed by atoms with Gasteiger partial charge in [0.25, 0.3) is 11.5 Å². The predicted octanol–water partition coefficient (Wildman–Crippen LogP) is 1.06. The number of esters is 1. The van der Waals surface area contributed by atoms with Crippen molar-refractivity contribution in [1.82, 2.24) is 8.87 Å². The standard InChI is InChI=1S/C19H23N3O6S/c1-14(2)21(3)29(26,27)16-9-7-15(8-10-16)20-17(23)13-28-19(25)12-22-11-5-4-6-18(22)24/h4-11,14H,12-13H2,1-3H3,(H,20,23). The van der Waals surface area contributed by atoms with Gasteiger partial charge in [0.15, 0.2) is 6.61 Å². The number of carbonyl (C=O) groups excluding carboxylic acids is 2. The third kappa shape index (κ3) is 6.00. The maximum atomic E-state index is 12.4. The number of anilines is 1. The van der Waals surface area contributed by atoms with Crippen molar-refractivity contribution < 1.29 is 22.7 Å². The van der Waals surface area contributed by atoms with Crippen LogP contribution in [0.3, 0.4) is 0 Å². The van der Waals surface area contributed by atoms with Crippen molar-refractivity contribution in [2.45, 2.75) is 31.3 Å². The summed E-state index contributed by atoms with van der Waals surface area (Å²) in [5.74, 6) is -1.32. The highest BCUT2D eigenvalue weighted by molar-refractivity contribution is 7.89. The van der Waals surface area contributed by atoms with E-state index < -0.39 is 28.5 Å². The summed E-state index contributed by atoms with van der Waals surface area (Å²) in [5, 5.41) is 2.51. The monoisotopic (exact) mass is 421 g/mol. The third-order valence-corrected chi connectivity index (χ3v) is 6.15. The molecule has 2 rings (SSSR count). The van der Waals surface area contributed by atoms with Crippen molar-refractivity contribution in [3.8, 4) is 0 Å². The molecule has 0 fully saturated rings. The smallest absolute Gasteiger partial charge is 0.326 e. The number of amides is 1. The maximum absolute atomic E-state index is 12.4. The molecule has 0 saturated carbocycles. The summed E-state index contributed by atoms with van der Waals surface area (Å²) in [6.45, 7) is 2.70. The molecular weight excluding hydrogens is 398 g/mol. The van der Waals surface area contributed by atoms with E-state index in [1.54, 1.807) is 26.0 Å². The molecule has 156 valence electrons. The molecule has 1 amide bonds. The first-order valence-electron chi connectivity index (χ1n) is 8.80. The molecule has 0 atom stereocenters. The number of ether oxygens (including phenoxy) is 1. The largest absolute Gasteiger partial charge is 0.454 e. The minimum absolute atomic E-state index is 0.103. The van der Waals surface area contributed by atoms with Crippen molar-refractivity contribution in [3.05, 3.63) is 59.0 Å². The Morgan fingerprint density at radius 2 is 1.79 bits per heavy atom. The first-order valence-corrected chi connectivity index (χ1v) is 10.2. The molecule has 1 aromatic carbocycles. The maximum Gasteiger partial charge on any atom is 0.326 e. The average Bonchev–Trinajstić information content (AvgIpc) is 2.68. The van der Waals surface area contributed by atoms with Crippen molar-refractivity contribution in [3.63, 3.8) is 0 Å². The number of hydrogen-bond donors (Lipinski definition) is 1. The van der Waals surface area contributed by atoms with Crippen LogP contribution in [0.5, 0.6) is 0 Å². The van der Waals surface area contributed by atoms with E-state index >= 15 is 0 Å². The molecule has 9 nitrogen and oxygen atoms in total. The Balaban J connectivity index is 1.90. The van der Waals surface area contributed by atoms with Gasteiger partial charge in [0.05, 0.1) is 4.90 Å². The molecule has 0 aliphatic carbocycles. The number of sulfonamides is 1. The average molecular weight is 421 g/mol. The molecule has 29 heavy (non-hydrogen) atoms. The molecule has 0 radical (unpaired) electrons. The first-order chi connectivity index (χ1) is 13.6. The summed E-state index contributed by atoms with van der Waals surface area (Å²) in [6.07, 6.45) is 1.44. The zero-order valence-corrected chi connectivity index (χ0v) is 17.2. The van der Waals surface area contributed by atoms with Gasteiger partial charge in [0.1, 0.15) is 6.54 Å². The zero-order chi connectivity index (χ0) is 21.6. The molecule has 1 N–H and O–H groups in total. The summed E-state index contributed by atoms with van der Waals surface area (Å²) in [7, 11) is -2.12. The number of nitrogens with zero attached hydrogens (tertiary/aromatic N) is 2. The second-order valence-electron chi connectivity index (χ2n) is 6.52. The Labute approximate surface area is 169 Å². The van der Waals surface area contributed by atoms with Crippen LogP contribution in [0.25, 0.3) is 0 Å². The van der Waals surface area contributed by atoms with Gasteiger partial charge in [-0.2, -0.15) is 4.31 Å². The zero-order valence-electron chi connectivity index (χ0n) is 16.4. The van der Waals surface area contributed by atoms with E-state index in [1.165, 1.54) is 47.9 Å². The fourth-order valence-electron chi connectivity index (χ4n) is 2.27. The van der Waals surface area contributed by atoms with E-state index in [0.29, 0.717) is 5.69 Å². The molecule has 1 heterocycles. The molecule has 10 heteroatoms. The lowest BCUT2D eigenvalue weighted by Crippen LogP contribution is -2.33. The Morgan fingerprint density at radius 1 is 1.14 bits per heavy atom.